The van der Waals surface area contributed by atoms with E-state index in [4.69, 9.17) is 19.4 Å². The average molecular weight is 817 g/mol. The molecule has 276 valence electrons. The molecule has 0 aromatic carbocycles. The number of unbranched alkanes of at least 4 members (excludes halogenated alkanes) is 2. The van der Waals surface area contributed by atoms with Gasteiger partial charge in [0.15, 0.2) is 0 Å². The molecule has 0 nitrogen and oxygen atoms in total. The molecule has 0 amide bonds. The summed E-state index contributed by atoms with van der Waals surface area (Å²) >= 11 is -1.61. The molecule has 0 radical (unpaired) electrons. The van der Waals surface area contributed by atoms with Crippen LogP contribution in [0.15, 0.2) is 6.08 Å². The second-order valence-electron chi connectivity index (χ2n) is 16.6. The van der Waals surface area contributed by atoms with Gasteiger partial charge in [0.2, 0.25) is 0 Å². The molecule has 6 fully saturated rings. The first-order valence-corrected chi connectivity index (χ1v) is 30.3. The van der Waals surface area contributed by atoms with Crippen molar-refractivity contribution in [2.24, 2.45) is 0 Å². The van der Waals surface area contributed by atoms with Crippen LogP contribution in [0.4, 0.5) is 0 Å². The van der Waals surface area contributed by atoms with Gasteiger partial charge >= 0.3 is 69.4 Å². The summed E-state index contributed by atoms with van der Waals surface area (Å²) in [6.45, 7) is 2.16. The van der Waals surface area contributed by atoms with Crippen LogP contribution in [0.25, 0.3) is 0 Å². The molecular formula is C42H78Cl2P2Ru+2. The third kappa shape index (κ3) is 15.7. The van der Waals surface area contributed by atoms with Crippen molar-refractivity contribution in [2.75, 3.05) is 0 Å². The van der Waals surface area contributed by atoms with E-state index in [1.165, 1.54) is 46.8 Å². The van der Waals surface area contributed by atoms with Gasteiger partial charge in [-0.25, -0.2) is 0 Å². The molecule has 0 aliphatic heterocycles. The number of halogens is 2. The van der Waals surface area contributed by atoms with Gasteiger partial charge in [-0.1, -0.05) is 38.5 Å². The number of hydrogen-bond donors (Lipinski definition) is 0. The third-order valence-corrected chi connectivity index (χ3v) is 24.1. The monoisotopic (exact) mass is 816 g/mol. The fourth-order valence-corrected chi connectivity index (χ4v) is 22.6. The minimum atomic E-state index is -1.61. The van der Waals surface area contributed by atoms with Crippen molar-refractivity contribution in [1.29, 1.82) is 0 Å². The van der Waals surface area contributed by atoms with Gasteiger partial charge in [-0.15, -0.1) is 0 Å². The van der Waals surface area contributed by atoms with Gasteiger partial charge in [0.25, 0.3) is 0 Å². The number of rotatable bonds is 9. The van der Waals surface area contributed by atoms with E-state index in [-0.39, 0.29) is 15.8 Å². The third-order valence-electron chi connectivity index (χ3n) is 13.3. The zero-order chi connectivity index (χ0) is 32.9. The Kier molecular flexibility index (Phi) is 22.6. The van der Waals surface area contributed by atoms with E-state index in [0.29, 0.717) is 0 Å². The maximum absolute atomic E-state index is 5.52. The summed E-state index contributed by atoms with van der Waals surface area (Å²) in [6.07, 6.45) is 53.0. The SMILES string of the molecule is C1CCC([PH+](C2CCCCC2)C2CCCCC2)CC1.C1CCC([PH+](C2CCCCC2)C2CCCCC2)CC1.CCCCC=[C]=[Ru]([Cl])[Cl]. The summed E-state index contributed by atoms with van der Waals surface area (Å²) in [5, 5.41) is 0. The van der Waals surface area contributed by atoms with Crippen molar-refractivity contribution in [1.82, 2.24) is 0 Å². The molecule has 0 bridgehead atoms. The van der Waals surface area contributed by atoms with E-state index < -0.39 is 13.5 Å². The van der Waals surface area contributed by atoms with Crippen molar-refractivity contribution >= 4 is 39.5 Å². The normalized spacial score (nSPS) is 25.3. The van der Waals surface area contributed by atoms with E-state index in [2.05, 4.69) is 11.2 Å². The first kappa shape index (κ1) is 41.5. The topological polar surface area (TPSA) is 0 Å². The molecule has 6 rings (SSSR count). The summed E-state index contributed by atoms with van der Waals surface area (Å²) < 4.78 is 2.93. The molecular weight excluding hydrogens is 738 g/mol. The fraction of sp³-hybridized carbons (Fsp3) is 0.952. The maximum atomic E-state index is 5.52. The predicted octanol–water partition coefficient (Wildman–Crippen LogP) is 15.5. The van der Waals surface area contributed by atoms with Gasteiger partial charge in [-0.05, 0) is 154 Å². The zero-order valence-corrected chi connectivity index (χ0v) is 36.2. The van der Waals surface area contributed by atoms with Crippen molar-refractivity contribution in [3.05, 3.63) is 6.08 Å². The summed E-state index contributed by atoms with van der Waals surface area (Å²) in [7, 11) is 11.0. The number of allylic oxidation sites excluding steroid dienone is 1. The van der Waals surface area contributed by atoms with E-state index >= 15 is 0 Å². The van der Waals surface area contributed by atoms with Gasteiger partial charge in [-0.2, -0.15) is 0 Å². The molecule has 0 aromatic rings. The van der Waals surface area contributed by atoms with Gasteiger partial charge in [-0.3, -0.25) is 0 Å². The van der Waals surface area contributed by atoms with Gasteiger partial charge < -0.3 is 0 Å². The zero-order valence-electron chi connectivity index (χ0n) is 31.0. The summed E-state index contributed by atoms with van der Waals surface area (Å²) in [4.78, 5) is 0. The van der Waals surface area contributed by atoms with Gasteiger partial charge in [0.05, 0.1) is 34.0 Å². The van der Waals surface area contributed by atoms with E-state index in [1.807, 2.05) is 6.08 Å². The van der Waals surface area contributed by atoms with Crippen LogP contribution in [0.3, 0.4) is 0 Å². The fourth-order valence-electron chi connectivity index (χ4n) is 11.0. The van der Waals surface area contributed by atoms with Crippen molar-refractivity contribution < 1.29 is 13.5 Å². The molecule has 6 aliphatic carbocycles. The molecule has 47 heavy (non-hydrogen) atoms. The van der Waals surface area contributed by atoms with Crippen LogP contribution in [0.2, 0.25) is 0 Å². The Morgan fingerprint density at radius 1 is 0.447 bits per heavy atom. The Labute approximate surface area is 309 Å². The predicted molar refractivity (Wildman–Crippen MR) is 219 cm³/mol. The first-order valence-electron chi connectivity index (χ1n) is 21.5. The van der Waals surface area contributed by atoms with Crippen LogP contribution < -0.4 is 0 Å². The van der Waals surface area contributed by atoms with E-state index in [0.717, 1.165) is 6.42 Å². The van der Waals surface area contributed by atoms with Gasteiger partial charge in [0.1, 0.15) is 0 Å². The Hall–Kier alpha value is 1.71. The summed E-state index contributed by atoms with van der Waals surface area (Å²) in [6, 6.07) is 0. The Morgan fingerprint density at radius 3 is 0.872 bits per heavy atom. The quantitative estimate of drug-likeness (QED) is 0.124. The summed E-state index contributed by atoms with van der Waals surface area (Å²) in [5.74, 6) is 0. The van der Waals surface area contributed by atoms with Gasteiger partial charge in [0, 0.05) is 15.8 Å². The molecule has 0 heterocycles. The van der Waals surface area contributed by atoms with Crippen LogP contribution in [-0.2, 0) is 13.5 Å². The van der Waals surface area contributed by atoms with E-state index in [9.17, 15) is 0 Å². The summed E-state index contributed by atoms with van der Waals surface area (Å²) in [5.41, 5.74) is 7.36. The second-order valence-corrected chi connectivity index (χ2v) is 28.9. The minimum absolute atomic E-state index is 0.0465. The molecule has 5 heteroatoms. The second kappa shape index (κ2) is 25.6. The molecule has 0 spiro atoms. The Balaban J connectivity index is 0.000000171. The Morgan fingerprint density at radius 2 is 0.681 bits per heavy atom. The first-order chi connectivity index (χ1) is 23.2. The average Bonchev–Trinajstić information content (AvgIpc) is 3.14. The van der Waals surface area contributed by atoms with Crippen molar-refractivity contribution in [3.8, 4) is 0 Å². The molecule has 0 unspecified atom stereocenters. The Bertz CT molecular complexity index is 695. The van der Waals surface area contributed by atoms with Crippen LogP contribution >= 0.6 is 35.2 Å². The standard InChI is InChI=1S/2C18H33P.C6H10.2ClH.Ru/c2*1-4-10-16(11-5-1)19(17-12-6-2-7-13-17)18-14-8-3-9-15-18;1-3-5-6-4-2;;;/h2*16-18H,1-15H2;4H,3,5-6H2,1H3;2*1H;/q;;;;;+2. The molecule has 0 saturated heterocycles. The van der Waals surface area contributed by atoms with Crippen LogP contribution in [0.5, 0.6) is 0 Å². The molecule has 6 aliphatic rings. The molecule has 0 aromatic heterocycles. The number of hydrogen-bond acceptors (Lipinski definition) is 0. The molecule has 0 N–H and O–H groups in total. The van der Waals surface area contributed by atoms with E-state index in [1.54, 1.807) is 193 Å². The van der Waals surface area contributed by atoms with Crippen molar-refractivity contribution in [3.63, 3.8) is 0 Å². The molecule has 0 atom stereocenters. The van der Waals surface area contributed by atoms with Crippen LogP contribution in [0.1, 0.15) is 219 Å². The molecule has 6 saturated carbocycles. The van der Waals surface area contributed by atoms with Crippen LogP contribution in [-0.4, -0.2) is 38.2 Å². The van der Waals surface area contributed by atoms with Crippen molar-refractivity contribution in [2.45, 2.75) is 253 Å². The van der Waals surface area contributed by atoms with Crippen LogP contribution in [0, 0.1) is 0 Å².